The fourth-order valence-electron chi connectivity index (χ4n) is 4.63. The van der Waals surface area contributed by atoms with Gasteiger partial charge < -0.3 is 14.4 Å². The largest absolute Gasteiger partial charge is 0.493 e. The number of carbonyl (C=O) groups excluding carboxylic acids is 1. The Morgan fingerprint density at radius 1 is 1.22 bits per heavy atom. The van der Waals surface area contributed by atoms with Gasteiger partial charge in [-0.15, -0.1) is 6.58 Å². The number of likely N-dealkylation sites (tertiary alicyclic amines) is 2. The Kier molecular flexibility index (Phi) is 6.42. The molecule has 5 nitrogen and oxygen atoms in total. The van der Waals surface area contributed by atoms with Crippen molar-refractivity contribution in [2.24, 2.45) is 5.41 Å². The first-order valence-electron chi connectivity index (χ1n) is 9.92. The molecule has 2 fully saturated rings. The summed E-state index contributed by atoms with van der Waals surface area (Å²) in [7, 11) is 3.37. The molecule has 2 aliphatic rings. The first-order valence-corrected chi connectivity index (χ1v) is 9.92. The first kappa shape index (κ1) is 19.7. The van der Waals surface area contributed by atoms with Crippen molar-refractivity contribution in [3.63, 3.8) is 0 Å². The zero-order chi connectivity index (χ0) is 19.3. The highest BCUT2D eigenvalue weighted by Gasteiger charge is 2.42. The van der Waals surface area contributed by atoms with Crippen LogP contribution in [0.3, 0.4) is 0 Å². The lowest BCUT2D eigenvalue weighted by Crippen LogP contribution is -2.45. The Bertz CT molecular complexity index is 676. The van der Waals surface area contributed by atoms with Crippen LogP contribution in [0.15, 0.2) is 30.9 Å². The summed E-state index contributed by atoms with van der Waals surface area (Å²) in [5.74, 6) is 1.88. The van der Waals surface area contributed by atoms with Gasteiger partial charge in [0.15, 0.2) is 11.5 Å². The Morgan fingerprint density at radius 3 is 2.81 bits per heavy atom. The fraction of sp³-hybridized carbons (Fsp3) is 0.591. The highest BCUT2D eigenvalue weighted by molar-refractivity contribution is 5.76. The molecule has 0 radical (unpaired) electrons. The van der Waals surface area contributed by atoms with Crippen LogP contribution in [0.2, 0.25) is 0 Å². The smallest absolute Gasteiger partial charge is 0.222 e. The topological polar surface area (TPSA) is 42.0 Å². The molecule has 0 unspecified atom stereocenters. The van der Waals surface area contributed by atoms with Gasteiger partial charge in [-0.05, 0) is 38.3 Å². The average molecular weight is 373 g/mol. The molecule has 2 aliphatic heterocycles. The van der Waals surface area contributed by atoms with Crippen molar-refractivity contribution in [2.45, 2.75) is 38.6 Å². The molecule has 1 aromatic rings. The molecule has 2 heterocycles. The molecular formula is C22H32N2O3. The fourth-order valence-corrected chi connectivity index (χ4v) is 4.63. The number of hydrogen-bond acceptors (Lipinski definition) is 4. The molecule has 0 aromatic heterocycles. The van der Waals surface area contributed by atoms with Crippen LogP contribution in [0.25, 0.3) is 0 Å². The maximum Gasteiger partial charge on any atom is 0.222 e. The quantitative estimate of drug-likeness (QED) is 0.687. The Morgan fingerprint density at radius 2 is 2.07 bits per heavy atom. The molecule has 1 atom stereocenters. The van der Waals surface area contributed by atoms with Crippen LogP contribution in [-0.2, 0) is 11.3 Å². The summed E-state index contributed by atoms with van der Waals surface area (Å²) in [5, 5.41) is 0. The van der Waals surface area contributed by atoms with Crippen molar-refractivity contribution in [2.75, 3.05) is 40.4 Å². The van der Waals surface area contributed by atoms with E-state index in [1.54, 1.807) is 14.2 Å². The zero-order valence-electron chi connectivity index (χ0n) is 16.7. The van der Waals surface area contributed by atoms with Crippen molar-refractivity contribution in [1.82, 2.24) is 9.80 Å². The number of amides is 1. The van der Waals surface area contributed by atoms with Gasteiger partial charge in [0.2, 0.25) is 5.91 Å². The van der Waals surface area contributed by atoms with Gasteiger partial charge in [0.05, 0.1) is 14.2 Å². The van der Waals surface area contributed by atoms with Crippen molar-refractivity contribution >= 4 is 5.91 Å². The van der Waals surface area contributed by atoms with Crippen molar-refractivity contribution in [3.8, 4) is 11.5 Å². The molecule has 0 saturated carbocycles. The summed E-state index contributed by atoms with van der Waals surface area (Å²) in [6, 6.07) is 6.07. The molecule has 2 saturated heterocycles. The van der Waals surface area contributed by atoms with E-state index in [0.717, 1.165) is 62.6 Å². The van der Waals surface area contributed by atoms with E-state index < -0.39 is 0 Å². The Balaban J connectivity index is 1.65. The minimum absolute atomic E-state index is 0.244. The second-order valence-corrected chi connectivity index (χ2v) is 7.86. The maximum absolute atomic E-state index is 12.4. The molecule has 27 heavy (non-hydrogen) atoms. The van der Waals surface area contributed by atoms with E-state index in [-0.39, 0.29) is 11.3 Å². The third-order valence-corrected chi connectivity index (χ3v) is 5.97. The van der Waals surface area contributed by atoms with Crippen LogP contribution in [-0.4, -0.2) is 56.1 Å². The van der Waals surface area contributed by atoms with E-state index in [0.29, 0.717) is 6.42 Å². The van der Waals surface area contributed by atoms with Crippen LogP contribution in [0.5, 0.6) is 11.5 Å². The summed E-state index contributed by atoms with van der Waals surface area (Å²) in [4.78, 5) is 17.0. The molecule has 5 heteroatoms. The standard InChI is InChI=1S/C22H32N2O3/c1-4-5-10-20(25)24-14-12-22(17-24)11-7-13-23(16-22)15-18-8-6-9-19(26-2)21(18)27-3/h4,6,8-9H,1,5,7,10-17H2,2-3H3/t22-/m0/s1. The SMILES string of the molecule is C=CCCC(=O)N1CC[C@]2(CCCN(Cc3cccc(OC)c3OC)C2)C1. The molecular weight excluding hydrogens is 340 g/mol. The van der Waals surface area contributed by atoms with Gasteiger partial charge in [-0.2, -0.15) is 0 Å². The third-order valence-electron chi connectivity index (χ3n) is 5.97. The van der Waals surface area contributed by atoms with Crippen LogP contribution < -0.4 is 9.47 Å². The molecule has 148 valence electrons. The van der Waals surface area contributed by atoms with Crippen molar-refractivity contribution in [3.05, 3.63) is 36.4 Å². The van der Waals surface area contributed by atoms with Gasteiger partial charge in [-0.25, -0.2) is 0 Å². The van der Waals surface area contributed by atoms with Gasteiger partial charge in [0, 0.05) is 43.6 Å². The number of piperidine rings is 1. The number of methoxy groups -OCH3 is 2. The Labute approximate surface area is 162 Å². The van der Waals surface area contributed by atoms with Crippen LogP contribution in [0.4, 0.5) is 0 Å². The lowest BCUT2D eigenvalue weighted by atomic mass is 9.79. The van der Waals surface area contributed by atoms with Crippen molar-refractivity contribution < 1.29 is 14.3 Å². The Hall–Kier alpha value is -2.01. The number of rotatable bonds is 7. The molecule has 0 N–H and O–H groups in total. The average Bonchev–Trinajstić information content (AvgIpc) is 3.09. The summed E-state index contributed by atoms with van der Waals surface area (Å²) in [6.07, 6.45) is 6.69. The highest BCUT2D eigenvalue weighted by Crippen LogP contribution is 2.40. The number of nitrogens with zero attached hydrogens (tertiary/aromatic N) is 2. The van der Waals surface area contributed by atoms with Gasteiger partial charge in [-0.3, -0.25) is 9.69 Å². The molecule has 0 aliphatic carbocycles. The normalized spacial score (nSPS) is 22.8. The molecule has 1 amide bonds. The minimum atomic E-state index is 0.244. The maximum atomic E-state index is 12.4. The lowest BCUT2D eigenvalue weighted by molar-refractivity contribution is -0.130. The van der Waals surface area contributed by atoms with Crippen LogP contribution in [0.1, 0.15) is 37.7 Å². The molecule has 1 aromatic carbocycles. The molecule has 0 bridgehead atoms. The number of allylic oxidation sites excluding steroid dienone is 1. The number of ether oxygens (including phenoxy) is 2. The van der Waals surface area contributed by atoms with Gasteiger partial charge in [-0.1, -0.05) is 18.2 Å². The van der Waals surface area contributed by atoms with E-state index >= 15 is 0 Å². The number of benzene rings is 1. The van der Waals surface area contributed by atoms with Crippen LogP contribution in [0, 0.1) is 5.41 Å². The van der Waals surface area contributed by atoms with Crippen LogP contribution >= 0.6 is 0 Å². The van der Waals surface area contributed by atoms with E-state index in [4.69, 9.17) is 9.47 Å². The highest BCUT2D eigenvalue weighted by atomic mass is 16.5. The lowest BCUT2D eigenvalue weighted by Gasteiger charge is -2.40. The number of carbonyl (C=O) groups is 1. The van der Waals surface area contributed by atoms with Gasteiger partial charge in [0.25, 0.3) is 0 Å². The van der Waals surface area contributed by atoms with Gasteiger partial charge in [0.1, 0.15) is 0 Å². The molecule has 1 spiro atoms. The van der Waals surface area contributed by atoms with E-state index in [2.05, 4.69) is 22.4 Å². The van der Waals surface area contributed by atoms with Crippen molar-refractivity contribution in [1.29, 1.82) is 0 Å². The number of hydrogen-bond donors (Lipinski definition) is 0. The third kappa shape index (κ3) is 4.46. The molecule has 3 rings (SSSR count). The summed E-state index contributed by atoms with van der Waals surface area (Å²) in [6.45, 7) is 8.50. The van der Waals surface area contributed by atoms with E-state index in [9.17, 15) is 4.79 Å². The summed E-state index contributed by atoms with van der Waals surface area (Å²) in [5.41, 5.74) is 1.40. The van der Waals surface area contributed by atoms with E-state index in [1.165, 1.54) is 12.8 Å². The second kappa shape index (κ2) is 8.79. The predicted molar refractivity (Wildman–Crippen MR) is 107 cm³/mol. The zero-order valence-corrected chi connectivity index (χ0v) is 16.7. The minimum Gasteiger partial charge on any atom is -0.493 e. The van der Waals surface area contributed by atoms with E-state index in [1.807, 2.05) is 18.2 Å². The summed E-state index contributed by atoms with van der Waals surface area (Å²) < 4.78 is 11.0. The number of para-hydroxylation sites is 1. The first-order chi connectivity index (χ1) is 13.1. The van der Waals surface area contributed by atoms with Gasteiger partial charge >= 0.3 is 0 Å². The summed E-state index contributed by atoms with van der Waals surface area (Å²) >= 11 is 0. The second-order valence-electron chi connectivity index (χ2n) is 7.86. The predicted octanol–water partition coefficient (Wildman–Crippen LogP) is 3.48. The monoisotopic (exact) mass is 372 g/mol.